The summed E-state index contributed by atoms with van der Waals surface area (Å²) in [4.78, 5) is 14.8. The standard InChI is InChI=1S/C28H36N4O2/c1-4-24(33)19-31-13-15-32(16-14-31)28-25(18-22-10-8-9-21(2)17-22)26(20-34-3)29-27(30-28)23-11-6-5-7-12-23/h5-12,17,24,33H,4,13-16,18-20H2,1-3H3/t24-/m1/s1. The Kier molecular flexibility index (Phi) is 8.27. The SMILES string of the molecule is CC[C@@H](O)CN1CCN(c2nc(-c3ccccc3)nc(COC)c2Cc2cccc(C)c2)CC1. The number of aryl methyl sites for hydroxylation is 1. The number of methoxy groups -OCH3 is 1. The molecule has 1 fully saturated rings. The van der Waals surface area contributed by atoms with Gasteiger partial charge in [0.1, 0.15) is 5.82 Å². The monoisotopic (exact) mass is 460 g/mol. The topological polar surface area (TPSA) is 61.7 Å². The van der Waals surface area contributed by atoms with Crippen molar-refractivity contribution in [2.45, 2.75) is 39.4 Å². The predicted molar refractivity (Wildman–Crippen MR) is 137 cm³/mol. The van der Waals surface area contributed by atoms with Gasteiger partial charge in [-0.05, 0) is 18.9 Å². The molecule has 0 bridgehead atoms. The lowest BCUT2D eigenvalue weighted by Crippen LogP contribution is -2.49. The van der Waals surface area contributed by atoms with Gasteiger partial charge in [0.05, 0.1) is 18.4 Å². The third-order valence-corrected chi connectivity index (χ3v) is 6.46. The number of rotatable bonds is 9. The van der Waals surface area contributed by atoms with Crippen LogP contribution in [0.1, 0.15) is 35.7 Å². The molecule has 0 spiro atoms. The maximum atomic E-state index is 10.1. The first-order valence-electron chi connectivity index (χ1n) is 12.2. The molecule has 0 radical (unpaired) electrons. The van der Waals surface area contributed by atoms with Crippen LogP contribution in [0.3, 0.4) is 0 Å². The lowest BCUT2D eigenvalue weighted by atomic mass is 10.0. The summed E-state index contributed by atoms with van der Waals surface area (Å²) in [6.07, 6.45) is 1.29. The van der Waals surface area contributed by atoms with E-state index in [9.17, 15) is 5.11 Å². The van der Waals surface area contributed by atoms with Crippen LogP contribution in [0.5, 0.6) is 0 Å². The maximum absolute atomic E-state index is 10.1. The molecule has 0 saturated carbocycles. The number of aliphatic hydroxyl groups is 1. The minimum atomic E-state index is -0.263. The molecular weight excluding hydrogens is 424 g/mol. The van der Waals surface area contributed by atoms with Gasteiger partial charge in [0.2, 0.25) is 0 Å². The van der Waals surface area contributed by atoms with E-state index < -0.39 is 0 Å². The van der Waals surface area contributed by atoms with Crippen LogP contribution in [0.25, 0.3) is 11.4 Å². The van der Waals surface area contributed by atoms with Gasteiger partial charge in [-0.3, -0.25) is 4.90 Å². The zero-order valence-corrected chi connectivity index (χ0v) is 20.6. The van der Waals surface area contributed by atoms with Crippen molar-refractivity contribution in [1.29, 1.82) is 0 Å². The Bertz CT molecular complexity index is 1070. The Morgan fingerprint density at radius 1 is 1.00 bits per heavy atom. The van der Waals surface area contributed by atoms with Gasteiger partial charge < -0.3 is 14.7 Å². The fourth-order valence-electron chi connectivity index (χ4n) is 4.53. The van der Waals surface area contributed by atoms with Crippen molar-refractivity contribution in [2.24, 2.45) is 0 Å². The molecule has 1 aromatic heterocycles. The van der Waals surface area contributed by atoms with Gasteiger partial charge in [-0.2, -0.15) is 0 Å². The Morgan fingerprint density at radius 2 is 1.76 bits per heavy atom. The summed E-state index contributed by atoms with van der Waals surface area (Å²) in [5.41, 5.74) is 5.58. The molecule has 3 aromatic rings. The lowest BCUT2D eigenvalue weighted by Gasteiger charge is -2.37. The molecule has 2 aromatic carbocycles. The first-order valence-corrected chi connectivity index (χ1v) is 12.2. The molecule has 34 heavy (non-hydrogen) atoms. The number of piperazine rings is 1. The van der Waals surface area contributed by atoms with E-state index in [0.29, 0.717) is 6.61 Å². The molecule has 6 nitrogen and oxygen atoms in total. The lowest BCUT2D eigenvalue weighted by molar-refractivity contribution is 0.106. The number of ether oxygens (including phenoxy) is 1. The van der Waals surface area contributed by atoms with Crippen LogP contribution in [0, 0.1) is 6.92 Å². The summed E-state index contributed by atoms with van der Waals surface area (Å²) in [6.45, 7) is 8.88. The van der Waals surface area contributed by atoms with Crippen molar-refractivity contribution in [3.8, 4) is 11.4 Å². The number of anilines is 1. The Labute approximate surface area is 203 Å². The number of hydrogen-bond donors (Lipinski definition) is 1. The summed E-state index contributed by atoms with van der Waals surface area (Å²) in [7, 11) is 1.72. The van der Waals surface area contributed by atoms with Gasteiger partial charge in [0.15, 0.2) is 5.82 Å². The zero-order valence-electron chi connectivity index (χ0n) is 20.6. The predicted octanol–water partition coefficient (Wildman–Crippen LogP) is 4.08. The smallest absolute Gasteiger partial charge is 0.161 e. The van der Waals surface area contributed by atoms with E-state index in [2.05, 4.69) is 53.1 Å². The maximum Gasteiger partial charge on any atom is 0.161 e. The van der Waals surface area contributed by atoms with Crippen LogP contribution in [0.4, 0.5) is 5.82 Å². The first-order chi connectivity index (χ1) is 16.6. The highest BCUT2D eigenvalue weighted by Crippen LogP contribution is 2.29. The van der Waals surface area contributed by atoms with E-state index in [4.69, 9.17) is 14.7 Å². The summed E-state index contributed by atoms with van der Waals surface area (Å²) in [5, 5.41) is 10.1. The molecule has 1 N–H and O–H groups in total. The number of aliphatic hydroxyl groups excluding tert-OH is 1. The van der Waals surface area contributed by atoms with Gasteiger partial charge in [-0.1, -0.05) is 67.1 Å². The van der Waals surface area contributed by atoms with Crippen molar-refractivity contribution >= 4 is 5.82 Å². The third kappa shape index (κ3) is 6.00. The molecule has 0 amide bonds. The van der Waals surface area contributed by atoms with Crippen LogP contribution < -0.4 is 4.90 Å². The molecule has 1 aliphatic rings. The van der Waals surface area contributed by atoms with Gasteiger partial charge >= 0.3 is 0 Å². The van der Waals surface area contributed by atoms with Crippen LogP contribution in [-0.2, 0) is 17.8 Å². The molecule has 180 valence electrons. The second-order valence-corrected chi connectivity index (χ2v) is 9.11. The largest absolute Gasteiger partial charge is 0.392 e. The minimum Gasteiger partial charge on any atom is -0.392 e. The molecule has 1 aliphatic heterocycles. The fraction of sp³-hybridized carbons (Fsp3) is 0.429. The quantitative estimate of drug-likeness (QED) is 0.519. The van der Waals surface area contributed by atoms with E-state index in [1.165, 1.54) is 11.1 Å². The van der Waals surface area contributed by atoms with E-state index in [-0.39, 0.29) is 6.10 Å². The summed E-state index contributed by atoms with van der Waals surface area (Å²) >= 11 is 0. The molecule has 1 atom stereocenters. The Balaban J connectivity index is 1.71. The number of benzene rings is 2. The highest BCUT2D eigenvalue weighted by atomic mass is 16.5. The zero-order chi connectivity index (χ0) is 23.9. The van der Waals surface area contributed by atoms with Gasteiger partial charge in [0, 0.05) is 57.4 Å². The second-order valence-electron chi connectivity index (χ2n) is 9.11. The molecular formula is C28H36N4O2. The van der Waals surface area contributed by atoms with E-state index in [1.807, 2.05) is 25.1 Å². The molecule has 0 aliphatic carbocycles. The summed E-state index contributed by atoms with van der Waals surface area (Å²) in [6, 6.07) is 18.8. The van der Waals surface area contributed by atoms with Crippen LogP contribution in [-0.4, -0.2) is 65.9 Å². The average molecular weight is 461 g/mol. The van der Waals surface area contributed by atoms with Crippen molar-refractivity contribution in [3.05, 3.63) is 77.0 Å². The average Bonchev–Trinajstić information content (AvgIpc) is 2.86. The van der Waals surface area contributed by atoms with Crippen LogP contribution >= 0.6 is 0 Å². The third-order valence-electron chi connectivity index (χ3n) is 6.46. The first kappa shape index (κ1) is 24.3. The number of nitrogens with zero attached hydrogens (tertiary/aromatic N) is 4. The van der Waals surface area contributed by atoms with Crippen molar-refractivity contribution in [2.75, 3.05) is 44.7 Å². The van der Waals surface area contributed by atoms with E-state index in [0.717, 1.165) is 74.0 Å². The molecule has 2 heterocycles. The minimum absolute atomic E-state index is 0.263. The normalized spacial score (nSPS) is 15.5. The van der Waals surface area contributed by atoms with Crippen LogP contribution in [0.2, 0.25) is 0 Å². The van der Waals surface area contributed by atoms with E-state index >= 15 is 0 Å². The molecule has 0 unspecified atom stereocenters. The number of hydrogen-bond acceptors (Lipinski definition) is 6. The Hall–Kier alpha value is -2.80. The number of aromatic nitrogens is 2. The molecule has 6 heteroatoms. The highest BCUT2D eigenvalue weighted by molar-refractivity contribution is 5.61. The summed E-state index contributed by atoms with van der Waals surface area (Å²) in [5.74, 6) is 1.73. The fourth-order valence-corrected chi connectivity index (χ4v) is 4.53. The molecule has 4 rings (SSSR count). The van der Waals surface area contributed by atoms with Gasteiger partial charge in [-0.15, -0.1) is 0 Å². The van der Waals surface area contributed by atoms with Gasteiger partial charge in [0.25, 0.3) is 0 Å². The van der Waals surface area contributed by atoms with Gasteiger partial charge in [-0.25, -0.2) is 9.97 Å². The molecule has 1 saturated heterocycles. The van der Waals surface area contributed by atoms with Crippen molar-refractivity contribution in [1.82, 2.24) is 14.9 Å². The van der Waals surface area contributed by atoms with Crippen molar-refractivity contribution < 1.29 is 9.84 Å². The highest BCUT2D eigenvalue weighted by Gasteiger charge is 2.25. The Morgan fingerprint density at radius 3 is 2.44 bits per heavy atom. The number of β-amino-alcohol motifs (C(OH)–C–C–N with tert-alkyl or cyclic N) is 1. The van der Waals surface area contributed by atoms with Crippen molar-refractivity contribution in [3.63, 3.8) is 0 Å². The second kappa shape index (κ2) is 11.6. The van der Waals surface area contributed by atoms with E-state index in [1.54, 1.807) is 7.11 Å². The summed E-state index contributed by atoms with van der Waals surface area (Å²) < 4.78 is 5.59. The van der Waals surface area contributed by atoms with Crippen LogP contribution in [0.15, 0.2) is 54.6 Å².